The maximum absolute atomic E-state index is 11.5. The summed E-state index contributed by atoms with van der Waals surface area (Å²) in [5, 5.41) is 0.0115. The van der Waals surface area contributed by atoms with Crippen LogP contribution in [0.1, 0.15) is 13.3 Å². The first kappa shape index (κ1) is 11.0. The zero-order valence-electron chi connectivity index (χ0n) is 8.47. The predicted molar refractivity (Wildman–Crippen MR) is 53.7 cm³/mol. The lowest BCUT2D eigenvalue weighted by Crippen LogP contribution is -2.53. The predicted octanol–water partition coefficient (Wildman–Crippen LogP) is 0.197. The quantitative estimate of drug-likeness (QED) is 0.372. The van der Waals surface area contributed by atoms with Crippen molar-refractivity contribution < 1.29 is 24.2 Å². The summed E-state index contributed by atoms with van der Waals surface area (Å²) in [4.78, 5) is 43.0. The lowest BCUT2D eigenvalue weighted by Gasteiger charge is -2.42. The summed E-state index contributed by atoms with van der Waals surface area (Å²) in [7, 11) is 0. The van der Waals surface area contributed by atoms with E-state index in [0.29, 0.717) is 12.2 Å². The maximum atomic E-state index is 11.5. The summed E-state index contributed by atoms with van der Waals surface area (Å²) in [6.07, 6.45) is 2.02. The fraction of sp³-hybridized carbons (Fsp3) is 0.444. The highest BCUT2D eigenvalue weighted by Crippen LogP contribution is 2.37. The van der Waals surface area contributed by atoms with Crippen molar-refractivity contribution in [3.05, 3.63) is 11.8 Å². The number of hydrogen-bond donors (Lipinski definition) is 0. The Hall–Kier alpha value is -1.50. The monoisotopic (exact) mass is 243 g/mol. The van der Waals surface area contributed by atoms with E-state index in [4.69, 9.17) is 0 Å². The normalized spacial score (nSPS) is 22.8. The molecule has 6 nitrogen and oxygen atoms in total. The standard InChI is InChI=1S/C9H9NO5S/c1-5(11)14-15-9(13)6-2-3-16-8-4-7(12)10(6)8/h2,8H,3-4H2,1H3/t8-/m1/s1. The molecular weight excluding hydrogens is 234 g/mol. The average Bonchev–Trinajstić information content (AvgIpc) is 2.23. The van der Waals surface area contributed by atoms with Crippen molar-refractivity contribution in [1.29, 1.82) is 0 Å². The fourth-order valence-corrected chi connectivity index (χ4v) is 2.58. The zero-order chi connectivity index (χ0) is 11.7. The number of rotatable bonds is 1. The van der Waals surface area contributed by atoms with E-state index in [-0.39, 0.29) is 17.0 Å². The Bertz CT molecular complexity index is 391. The van der Waals surface area contributed by atoms with E-state index in [1.165, 1.54) is 4.90 Å². The van der Waals surface area contributed by atoms with Crippen LogP contribution < -0.4 is 0 Å². The Morgan fingerprint density at radius 3 is 2.88 bits per heavy atom. The molecule has 0 radical (unpaired) electrons. The van der Waals surface area contributed by atoms with Gasteiger partial charge in [-0.15, -0.1) is 11.8 Å². The molecule has 1 fully saturated rings. The van der Waals surface area contributed by atoms with E-state index in [0.717, 1.165) is 6.92 Å². The van der Waals surface area contributed by atoms with Crippen LogP contribution in [-0.4, -0.2) is 33.9 Å². The molecule has 2 aliphatic rings. The first-order valence-corrected chi connectivity index (χ1v) is 5.67. The molecule has 0 aromatic rings. The van der Waals surface area contributed by atoms with Crippen molar-refractivity contribution in [2.24, 2.45) is 0 Å². The second kappa shape index (κ2) is 4.17. The number of nitrogens with zero attached hydrogens (tertiary/aromatic N) is 1. The summed E-state index contributed by atoms with van der Waals surface area (Å²) in [5.74, 6) is -1.01. The molecule has 2 aliphatic heterocycles. The summed E-state index contributed by atoms with van der Waals surface area (Å²) < 4.78 is 0. The van der Waals surface area contributed by atoms with Crippen molar-refractivity contribution in [3.8, 4) is 0 Å². The molecule has 1 amide bonds. The van der Waals surface area contributed by atoms with Gasteiger partial charge in [0.1, 0.15) is 5.70 Å². The highest BCUT2D eigenvalue weighted by atomic mass is 32.2. The summed E-state index contributed by atoms with van der Waals surface area (Å²) in [6, 6.07) is 0. The largest absolute Gasteiger partial charge is 0.402 e. The molecular formula is C9H9NO5S. The Balaban J connectivity index is 2.02. The molecule has 0 spiro atoms. The SMILES string of the molecule is CC(=O)OOC(=O)C1=CCS[C@@H]2CC(=O)N12. The average molecular weight is 243 g/mol. The number of amides is 1. The molecule has 0 aromatic heterocycles. The summed E-state index contributed by atoms with van der Waals surface area (Å²) in [5.41, 5.74) is 0.154. The number of fused-ring (bicyclic) bond motifs is 1. The molecule has 1 saturated heterocycles. The third-order valence-electron chi connectivity index (χ3n) is 2.17. The molecule has 0 aliphatic carbocycles. The number of β-lactam (4-membered cyclic amide) rings is 1. The minimum atomic E-state index is -0.812. The van der Waals surface area contributed by atoms with Crippen LogP contribution in [0.25, 0.3) is 0 Å². The smallest absolute Gasteiger partial charge is 0.293 e. The third kappa shape index (κ3) is 1.90. The van der Waals surface area contributed by atoms with Crippen LogP contribution in [0.2, 0.25) is 0 Å². The minimum Gasteiger partial charge on any atom is -0.293 e. The van der Waals surface area contributed by atoms with E-state index >= 15 is 0 Å². The van der Waals surface area contributed by atoms with Crippen molar-refractivity contribution >= 4 is 29.6 Å². The summed E-state index contributed by atoms with van der Waals surface area (Å²) >= 11 is 1.58. The highest BCUT2D eigenvalue weighted by Gasteiger charge is 2.43. The first-order valence-electron chi connectivity index (χ1n) is 4.63. The Kier molecular flexibility index (Phi) is 2.86. The lowest BCUT2D eigenvalue weighted by molar-refractivity contribution is -0.255. The van der Waals surface area contributed by atoms with Gasteiger partial charge in [0.15, 0.2) is 0 Å². The van der Waals surface area contributed by atoms with Gasteiger partial charge in [-0.25, -0.2) is 19.4 Å². The second-order valence-electron chi connectivity index (χ2n) is 3.29. The van der Waals surface area contributed by atoms with Crippen molar-refractivity contribution in [3.63, 3.8) is 0 Å². The van der Waals surface area contributed by atoms with E-state index in [2.05, 4.69) is 9.78 Å². The van der Waals surface area contributed by atoms with E-state index in [1.54, 1.807) is 17.8 Å². The lowest BCUT2D eigenvalue weighted by atomic mass is 10.1. The van der Waals surface area contributed by atoms with Crippen LogP contribution in [0.15, 0.2) is 11.8 Å². The Morgan fingerprint density at radius 1 is 1.50 bits per heavy atom. The van der Waals surface area contributed by atoms with Crippen LogP contribution in [0.5, 0.6) is 0 Å². The molecule has 0 saturated carbocycles. The van der Waals surface area contributed by atoms with E-state index in [1.807, 2.05) is 0 Å². The van der Waals surface area contributed by atoms with Crippen molar-refractivity contribution in [2.75, 3.05) is 5.75 Å². The van der Waals surface area contributed by atoms with Gasteiger partial charge in [-0.1, -0.05) is 0 Å². The second-order valence-corrected chi connectivity index (χ2v) is 4.50. The number of hydrogen-bond acceptors (Lipinski definition) is 6. The number of carbonyl (C=O) groups is 3. The molecule has 2 rings (SSSR count). The fourth-order valence-electron chi connectivity index (χ4n) is 1.47. The van der Waals surface area contributed by atoms with Gasteiger partial charge >= 0.3 is 11.9 Å². The molecule has 0 unspecified atom stereocenters. The summed E-state index contributed by atoms with van der Waals surface area (Å²) in [6.45, 7) is 1.12. The van der Waals surface area contributed by atoms with Gasteiger partial charge in [-0.05, 0) is 6.08 Å². The topological polar surface area (TPSA) is 72.9 Å². The molecule has 0 bridgehead atoms. The van der Waals surface area contributed by atoms with Gasteiger partial charge in [-0.3, -0.25) is 9.69 Å². The zero-order valence-corrected chi connectivity index (χ0v) is 9.28. The van der Waals surface area contributed by atoms with E-state index < -0.39 is 11.9 Å². The van der Waals surface area contributed by atoms with Crippen LogP contribution in [0, 0.1) is 0 Å². The van der Waals surface area contributed by atoms with Gasteiger partial charge in [0, 0.05) is 12.7 Å². The third-order valence-corrected chi connectivity index (χ3v) is 3.30. The van der Waals surface area contributed by atoms with Gasteiger partial charge in [0.25, 0.3) is 0 Å². The molecule has 0 aromatic carbocycles. The van der Waals surface area contributed by atoms with E-state index in [9.17, 15) is 14.4 Å². The molecule has 0 N–H and O–H groups in total. The van der Waals surface area contributed by atoms with Gasteiger partial charge in [0.05, 0.1) is 11.8 Å². The molecule has 86 valence electrons. The minimum absolute atomic E-state index is 0.0115. The van der Waals surface area contributed by atoms with Crippen LogP contribution in [0.3, 0.4) is 0 Å². The van der Waals surface area contributed by atoms with Gasteiger partial charge in [-0.2, -0.15) is 0 Å². The Morgan fingerprint density at radius 2 is 2.25 bits per heavy atom. The van der Waals surface area contributed by atoms with Crippen LogP contribution in [0.4, 0.5) is 0 Å². The number of carbonyl (C=O) groups excluding carboxylic acids is 3. The molecule has 1 atom stereocenters. The van der Waals surface area contributed by atoms with Crippen molar-refractivity contribution in [1.82, 2.24) is 4.90 Å². The molecule has 7 heteroatoms. The van der Waals surface area contributed by atoms with Crippen LogP contribution in [-0.2, 0) is 24.2 Å². The van der Waals surface area contributed by atoms with Gasteiger partial charge < -0.3 is 0 Å². The van der Waals surface area contributed by atoms with Crippen molar-refractivity contribution in [2.45, 2.75) is 18.7 Å². The number of thioether (sulfide) groups is 1. The van der Waals surface area contributed by atoms with Crippen LogP contribution >= 0.6 is 11.8 Å². The highest BCUT2D eigenvalue weighted by molar-refractivity contribution is 8.00. The Labute approximate surface area is 95.5 Å². The molecule has 2 heterocycles. The first-order chi connectivity index (χ1) is 7.59. The van der Waals surface area contributed by atoms with Gasteiger partial charge in [0.2, 0.25) is 5.91 Å². The maximum Gasteiger partial charge on any atom is 0.402 e. The molecule has 16 heavy (non-hydrogen) atoms.